The maximum atomic E-state index is 11.5. The van der Waals surface area contributed by atoms with Gasteiger partial charge in [0.2, 0.25) is 5.91 Å². The van der Waals surface area contributed by atoms with E-state index in [1.165, 1.54) is 0 Å². The molecule has 0 saturated carbocycles. The van der Waals surface area contributed by atoms with E-state index in [-0.39, 0.29) is 41.8 Å². The van der Waals surface area contributed by atoms with Gasteiger partial charge >= 0.3 is 0 Å². The molecular weight excluding hydrogens is 435 g/mol. The zero-order valence-corrected chi connectivity index (χ0v) is 17.6. The molecule has 0 aromatic heterocycles. The highest BCUT2D eigenvalue weighted by molar-refractivity contribution is 14.0. The Hall–Kier alpha value is -1.71. The Labute approximate surface area is 166 Å². The summed E-state index contributed by atoms with van der Waals surface area (Å²) in [6.07, 6.45) is 0. The van der Waals surface area contributed by atoms with Gasteiger partial charge in [0, 0.05) is 18.5 Å². The van der Waals surface area contributed by atoms with E-state index in [1.807, 2.05) is 45.9 Å². The lowest BCUT2D eigenvalue weighted by Gasteiger charge is -2.14. The number of benzene rings is 1. The van der Waals surface area contributed by atoms with E-state index in [2.05, 4.69) is 15.6 Å². The molecule has 0 aliphatic carbocycles. The summed E-state index contributed by atoms with van der Waals surface area (Å²) in [6, 6.07) is 5.48. The molecule has 1 rings (SSSR count). The lowest BCUT2D eigenvalue weighted by atomic mass is 10.2. The van der Waals surface area contributed by atoms with Crippen LogP contribution in [-0.4, -0.2) is 38.2 Å². The van der Waals surface area contributed by atoms with Crippen molar-refractivity contribution in [2.45, 2.75) is 27.7 Å². The fourth-order valence-electron chi connectivity index (χ4n) is 1.88. The van der Waals surface area contributed by atoms with Crippen molar-refractivity contribution in [3.63, 3.8) is 0 Å². The van der Waals surface area contributed by atoms with E-state index in [0.29, 0.717) is 37.7 Å². The first kappa shape index (κ1) is 23.3. The van der Waals surface area contributed by atoms with Crippen molar-refractivity contribution < 1.29 is 14.3 Å². The van der Waals surface area contributed by atoms with Gasteiger partial charge in [-0.1, -0.05) is 13.8 Å². The molecule has 142 valence electrons. The quantitative estimate of drug-likeness (QED) is 0.226. The van der Waals surface area contributed by atoms with Crippen LogP contribution in [-0.2, 0) is 4.79 Å². The van der Waals surface area contributed by atoms with Crippen molar-refractivity contribution in [3.8, 4) is 11.5 Å². The standard InChI is InChI=1S/C17H28N4O3.HI/c1-5-23-13-7-8-15(24-6-2)14(11-13)21-17(18)20-10-9-19-16(22)12(3)4;/h7-8,11-12H,5-6,9-10H2,1-4H3,(H,19,22)(H3,18,20,21);1H. The topological polar surface area (TPSA) is 98.0 Å². The van der Waals surface area contributed by atoms with Crippen molar-refractivity contribution in [2.75, 3.05) is 31.6 Å². The average Bonchev–Trinajstić information content (AvgIpc) is 2.54. The summed E-state index contributed by atoms with van der Waals surface area (Å²) >= 11 is 0. The summed E-state index contributed by atoms with van der Waals surface area (Å²) in [5.74, 6) is 1.61. The van der Waals surface area contributed by atoms with E-state index in [9.17, 15) is 4.79 Å². The molecule has 0 spiro atoms. The van der Waals surface area contributed by atoms with E-state index in [4.69, 9.17) is 15.2 Å². The highest BCUT2D eigenvalue weighted by Gasteiger charge is 2.08. The molecule has 0 fully saturated rings. The number of hydrogen-bond acceptors (Lipinski definition) is 4. The first-order valence-electron chi connectivity index (χ1n) is 8.22. The summed E-state index contributed by atoms with van der Waals surface area (Å²) < 4.78 is 11.1. The van der Waals surface area contributed by atoms with Crippen LogP contribution in [0.15, 0.2) is 23.2 Å². The number of guanidine groups is 1. The number of carbonyl (C=O) groups excluding carboxylic acids is 1. The van der Waals surface area contributed by atoms with Gasteiger partial charge in [0.15, 0.2) is 5.96 Å². The normalized spacial score (nSPS) is 10.8. The van der Waals surface area contributed by atoms with Crippen molar-refractivity contribution in [1.82, 2.24) is 5.32 Å². The number of hydrogen-bond donors (Lipinski definition) is 3. The van der Waals surface area contributed by atoms with Crippen LogP contribution in [0.5, 0.6) is 11.5 Å². The molecule has 0 aliphatic rings. The Balaban J connectivity index is 0.00000576. The molecule has 25 heavy (non-hydrogen) atoms. The zero-order chi connectivity index (χ0) is 17.9. The summed E-state index contributed by atoms with van der Waals surface area (Å²) in [5.41, 5.74) is 6.59. The monoisotopic (exact) mass is 464 g/mol. The summed E-state index contributed by atoms with van der Waals surface area (Å²) in [7, 11) is 0. The Morgan fingerprint density at radius 3 is 2.52 bits per heavy atom. The zero-order valence-electron chi connectivity index (χ0n) is 15.3. The number of amides is 1. The number of nitrogens with two attached hydrogens (primary N) is 1. The highest BCUT2D eigenvalue weighted by Crippen LogP contribution is 2.29. The molecule has 0 radical (unpaired) electrons. The Morgan fingerprint density at radius 2 is 1.92 bits per heavy atom. The van der Waals surface area contributed by atoms with Crippen LogP contribution in [0.2, 0.25) is 0 Å². The Morgan fingerprint density at radius 1 is 1.24 bits per heavy atom. The molecule has 0 bridgehead atoms. The number of aliphatic imine (C=N–C) groups is 1. The van der Waals surface area contributed by atoms with Gasteiger partial charge in [-0.05, 0) is 26.0 Å². The second-order valence-electron chi connectivity index (χ2n) is 5.36. The third-order valence-electron chi connectivity index (χ3n) is 3.04. The fourth-order valence-corrected chi connectivity index (χ4v) is 1.88. The van der Waals surface area contributed by atoms with Crippen LogP contribution in [0, 0.1) is 5.92 Å². The van der Waals surface area contributed by atoms with Crippen molar-refractivity contribution in [3.05, 3.63) is 18.2 Å². The maximum absolute atomic E-state index is 11.5. The van der Waals surface area contributed by atoms with Crippen LogP contribution in [0.1, 0.15) is 27.7 Å². The minimum atomic E-state index is -0.0421. The van der Waals surface area contributed by atoms with Gasteiger partial charge in [0.1, 0.15) is 11.5 Å². The van der Waals surface area contributed by atoms with Gasteiger partial charge in [-0.3, -0.25) is 9.79 Å². The lowest BCUT2D eigenvalue weighted by Crippen LogP contribution is -2.31. The first-order valence-corrected chi connectivity index (χ1v) is 8.22. The number of nitrogens with zero attached hydrogens (tertiary/aromatic N) is 1. The summed E-state index contributed by atoms with van der Waals surface area (Å²) in [6.45, 7) is 9.47. The fraction of sp³-hybridized carbons (Fsp3) is 0.529. The van der Waals surface area contributed by atoms with Crippen molar-refractivity contribution >= 4 is 41.5 Å². The van der Waals surface area contributed by atoms with Gasteiger partial charge in [0.05, 0.1) is 25.4 Å². The van der Waals surface area contributed by atoms with E-state index in [0.717, 1.165) is 5.75 Å². The second-order valence-corrected chi connectivity index (χ2v) is 5.36. The van der Waals surface area contributed by atoms with Crippen molar-refractivity contribution in [1.29, 1.82) is 0 Å². The molecule has 0 heterocycles. The Bertz CT molecular complexity index is 565. The number of nitrogens with one attached hydrogen (secondary N) is 2. The molecule has 1 aromatic rings. The summed E-state index contributed by atoms with van der Waals surface area (Å²) in [5, 5.41) is 5.80. The number of rotatable bonds is 9. The van der Waals surface area contributed by atoms with Gasteiger partial charge < -0.3 is 25.8 Å². The number of anilines is 1. The Kier molecular flexibility index (Phi) is 11.8. The summed E-state index contributed by atoms with van der Waals surface area (Å²) in [4.78, 5) is 15.7. The van der Waals surface area contributed by atoms with E-state index >= 15 is 0 Å². The largest absolute Gasteiger partial charge is 0.494 e. The molecule has 0 atom stereocenters. The third kappa shape index (κ3) is 8.80. The second kappa shape index (κ2) is 12.6. The smallest absolute Gasteiger partial charge is 0.222 e. The molecular formula is C17H29IN4O3. The predicted octanol–water partition coefficient (Wildman–Crippen LogP) is 2.60. The van der Waals surface area contributed by atoms with Crippen LogP contribution >= 0.6 is 24.0 Å². The highest BCUT2D eigenvalue weighted by atomic mass is 127. The van der Waals surface area contributed by atoms with Crippen LogP contribution in [0.3, 0.4) is 0 Å². The van der Waals surface area contributed by atoms with Gasteiger partial charge in [0.25, 0.3) is 0 Å². The molecule has 0 saturated heterocycles. The van der Waals surface area contributed by atoms with E-state index in [1.54, 1.807) is 0 Å². The number of ether oxygens (including phenoxy) is 2. The SMILES string of the molecule is CCOc1ccc(OCC)c(NC(N)=NCCNC(=O)C(C)C)c1.I. The van der Waals surface area contributed by atoms with Crippen LogP contribution in [0.4, 0.5) is 5.69 Å². The molecule has 0 unspecified atom stereocenters. The molecule has 0 aliphatic heterocycles. The van der Waals surface area contributed by atoms with Gasteiger partial charge in [-0.25, -0.2) is 0 Å². The minimum absolute atomic E-state index is 0. The average molecular weight is 464 g/mol. The molecule has 4 N–H and O–H groups in total. The molecule has 7 nitrogen and oxygen atoms in total. The van der Waals surface area contributed by atoms with Crippen LogP contribution in [0.25, 0.3) is 0 Å². The maximum Gasteiger partial charge on any atom is 0.222 e. The lowest BCUT2D eigenvalue weighted by molar-refractivity contribution is -0.123. The third-order valence-corrected chi connectivity index (χ3v) is 3.04. The van der Waals surface area contributed by atoms with Gasteiger partial charge in [-0.2, -0.15) is 0 Å². The van der Waals surface area contributed by atoms with Crippen molar-refractivity contribution in [2.24, 2.45) is 16.6 Å². The van der Waals surface area contributed by atoms with Gasteiger partial charge in [-0.15, -0.1) is 24.0 Å². The predicted molar refractivity (Wildman–Crippen MR) is 112 cm³/mol. The number of halogens is 1. The first-order chi connectivity index (χ1) is 11.5. The number of carbonyl (C=O) groups is 1. The molecule has 1 aromatic carbocycles. The van der Waals surface area contributed by atoms with Crippen LogP contribution < -0.4 is 25.8 Å². The van der Waals surface area contributed by atoms with E-state index < -0.39 is 0 Å². The minimum Gasteiger partial charge on any atom is -0.494 e. The molecule has 8 heteroatoms. The molecule has 1 amide bonds.